The highest BCUT2D eigenvalue weighted by atomic mass is 19.4. The second-order valence-corrected chi connectivity index (χ2v) is 5.82. The van der Waals surface area contributed by atoms with Crippen molar-refractivity contribution in [3.8, 4) is 0 Å². The molecule has 1 heterocycles. The van der Waals surface area contributed by atoms with Crippen molar-refractivity contribution in [2.24, 2.45) is 4.99 Å². The molecule has 0 aromatic heterocycles. The molecule has 0 saturated carbocycles. The molecule has 0 saturated heterocycles. The molecule has 24 heavy (non-hydrogen) atoms. The average Bonchev–Trinajstić information content (AvgIpc) is 2.53. The fourth-order valence-corrected chi connectivity index (χ4v) is 2.83. The predicted octanol–water partition coefficient (Wildman–Crippen LogP) is 3.35. The van der Waals surface area contributed by atoms with Gasteiger partial charge >= 0.3 is 6.18 Å². The molecule has 3 nitrogen and oxygen atoms in total. The highest BCUT2D eigenvalue weighted by Crippen LogP contribution is 2.34. The first-order chi connectivity index (χ1) is 11.4. The zero-order chi connectivity index (χ0) is 17.3. The molecule has 1 aliphatic heterocycles. The van der Waals surface area contributed by atoms with Gasteiger partial charge in [0.05, 0.1) is 23.9 Å². The van der Waals surface area contributed by atoms with Gasteiger partial charge in [-0.25, -0.2) is 0 Å². The first-order valence-electron chi connectivity index (χ1n) is 7.57. The van der Waals surface area contributed by atoms with Crippen LogP contribution in [0, 0.1) is 0 Å². The molecular weight excluding hydrogens is 317 g/mol. The van der Waals surface area contributed by atoms with E-state index in [1.54, 1.807) is 24.1 Å². The van der Waals surface area contributed by atoms with Crippen LogP contribution in [0.2, 0.25) is 0 Å². The van der Waals surface area contributed by atoms with Crippen molar-refractivity contribution in [1.82, 2.24) is 0 Å². The average molecular weight is 334 g/mol. The summed E-state index contributed by atoms with van der Waals surface area (Å²) >= 11 is 0. The molecule has 1 N–H and O–H groups in total. The van der Waals surface area contributed by atoms with Gasteiger partial charge in [-0.1, -0.05) is 30.3 Å². The van der Waals surface area contributed by atoms with Gasteiger partial charge in [0, 0.05) is 30.4 Å². The molecule has 0 radical (unpaired) electrons. The van der Waals surface area contributed by atoms with Gasteiger partial charge in [-0.05, 0) is 18.2 Å². The van der Waals surface area contributed by atoms with Gasteiger partial charge < -0.3 is 10.0 Å². The molecule has 0 fully saturated rings. The lowest BCUT2D eigenvalue weighted by atomic mass is 9.96. The molecule has 0 bridgehead atoms. The Bertz CT molecular complexity index is 757. The quantitative estimate of drug-likeness (QED) is 0.868. The largest absolute Gasteiger partial charge is 0.416 e. The summed E-state index contributed by atoms with van der Waals surface area (Å²) in [6.07, 6.45) is -5.10. The molecule has 6 heteroatoms. The van der Waals surface area contributed by atoms with Crippen LogP contribution in [-0.4, -0.2) is 37.1 Å². The van der Waals surface area contributed by atoms with E-state index >= 15 is 0 Å². The Morgan fingerprint density at radius 2 is 1.83 bits per heavy atom. The Balaban J connectivity index is 2.21. The third-order valence-electron chi connectivity index (χ3n) is 3.98. The van der Waals surface area contributed by atoms with Gasteiger partial charge in [0.1, 0.15) is 0 Å². The molecule has 126 valence electrons. The number of benzene rings is 2. The summed E-state index contributed by atoms with van der Waals surface area (Å²) in [5, 5.41) is 10.0. The van der Waals surface area contributed by atoms with E-state index in [1.807, 2.05) is 18.2 Å². The highest BCUT2D eigenvalue weighted by molar-refractivity contribution is 6.16. The number of fused-ring (bicyclic) bond motifs is 1. The number of rotatable bonds is 1. The van der Waals surface area contributed by atoms with Crippen LogP contribution in [0.4, 0.5) is 18.9 Å². The van der Waals surface area contributed by atoms with Crippen LogP contribution in [0.15, 0.2) is 53.5 Å². The van der Waals surface area contributed by atoms with Crippen LogP contribution >= 0.6 is 0 Å². The summed E-state index contributed by atoms with van der Waals surface area (Å²) in [4.78, 5) is 6.17. The van der Waals surface area contributed by atoms with Crippen LogP contribution in [-0.2, 0) is 6.18 Å². The van der Waals surface area contributed by atoms with E-state index in [2.05, 4.69) is 4.99 Å². The molecule has 0 spiro atoms. The number of alkyl halides is 3. The Hall–Kier alpha value is -2.34. The van der Waals surface area contributed by atoms with Gasteiger partial charge in [-0.2, -0.15) is 13.2 Å². The maximum atomic E-state index is 13.1. The van der Waals surface area contributed by atoms with Crippen LogP contribution in [0.25, 0.3) is 0 Å². The first-order valence-corrected chi connectivity index (χ1v) is 7.57. The van der Waals surface area contributed by atoms with Gasteiger partial charge in [-0.3, -0.25) is 4.99 Å². The van der Waals surface area contributed by atoms with E-state index < -0.39 is 17.8 Å². The number of β-amino-alcohol motifs (C(OH)–C–C–N with tert-alkyl or cyclic N) is 1. The van der Waals surface area contributed by atoms with E-state index in [0.29, 0.717) is 23.5 Å². The molecule has 3 rings (SSSR count). The Labute approximate surface area is 138 Å². The Morgan fingerprint density at radius 1 is 1.12 bits per heavy atom. The van der Waals surface area contributed by atoms with Gasteiger partial charge in [0.15, 0.2) is 0 Å². The van der Waals surface area contributed by atoms with Crippen molar-refractivity contribution in [2.45, 2.75) is 12.3 Å². The number of likely N-dealkylation sites (N-methyl/N-ethyl adjacent to an activating group) is 1. The Kier molecular flexibility index (Phi) is 4.32. The van der Waals surface area contributed by atoms with Crippen molar-refractivity contribution >= 4 is 11.4 Å². The number of anilines is 1. The summed E-state index contributed by atoms with van der Waals surface area (Å²) in [6, 6.07) is 12.7. The third kappa shape index (κ3) is 3.28. The van der Waals surface area contributed by atoms with Crippen molar-refractivity contribution in [2.75, 3.05) is 25.0 Å². The lowest BCUT2D eigenvalue weighted by molar-refractivity contribution is -0.137. The number of aliphatic hydroxyl groups excluding tert-OH is 1. The molecule has 0 amide bonds. The minimum atomic E-state index is -4.42. The molecule has 2 aromatic rings. The van der Waals surface area contributed by atoms with E-state index in [0.717, 1.165) is 17.7 Å². The maximum Gasteiger partial charge on any atom is 0.416 e. The van der Waals surface area contributed by atoms with E-state index in [9.17, 15) is 18.3 Å². The van der Waals surface area contributed by atoms with Crippen LogP contribution in [0.5, 0.6) is 0 Å². The van der Waals surface area contributed by atoms with Crippen molar-refractivity contribution < 1.29 is 18.3 Å². The fourth-order valence-electron chi connectivity index (χ4n) is 2.83. The molecule has 2 aromatic carbocycles. The zero-order valence-electron chi connectivity index (χ0n) is 13.1. The number of aliphatic hydroxyl groups is 1. The summed E-state index contributed by atoms with van der Waals surface area (Å²) in [5.41, 5.74) is 1.51. The summed E-state index contributed by atoms with van der Waals surface area (Å²) in [7, 11) is 1.75. The molecule has 0 aliphatic carbocycles. The van der Waals surface area contributed by atoms with Crippen molar-refractivity contribution in [3.63, 3.8) is 0 Å². The minimum Gasteiger partial charge on any atom is -0.389 e. The number of nitrogens with zero attached hydrogens (tertiary/aromatic N) is 2. The summed E-state index contributed by atoms with van der Waals surface area (Å²) in [5.74, 6) is 0. The normalized spacial score (nSPS) is 20.6. The topological polar surface area (TPSA) is 35.8 Å². The van der Waals surface area contributed by atoms with Crippen molar-refractivity contribution in [1.29, 1.82) is 0 Å². The van der Waals surface area contributed by atoms with Crippen LogP contribution < -0.4 is 4.90 Å². The van der Waals surface area contributed by atoms with Crippen LogP contribution in [0.1, 0.15) is 16.7 Å². The fraction of sp³-hybridized carbons (Fsp3) is 0.278. The van der Waals surface area contributed by atoms with Crippen LogP contribution in [0.3, 0.4) is 0 Å². The van der Waals surface area contributed by atoms with Gasteiger partial charge in [0.2, 0.25) is 0 Å². The standard InChI is InChI=1S/C18H17F3N2O/c1-23-11-14(24)10-22-17(12-5-3-2-4-6-12)15-9-13(18(19,20)21)7-8-16(15)23/h2-9,14,24H,10-11H2,1H3/b22-17-. The smallest absolute Gasteiger partial charge is 0.389 e. The second-order valence-electron chi connectivity index (χ2n) is 5.82. The lowest BCUT2D eigenvalue weighted by Crippen LogP contribution is -2.34. The summed E-state index contributed by atoms with van der Waals surface area (Å²) < 4.78 is 39.4. The molecule has 1 aliphatic rings. The maximum absolute atomic E-state index is 13.1. The second kappa shape index (κ2) is 6.28. The summed E-state index contributed by atoms with van der Waals surface area (Å²) in [6.45, 7) is 0.453. The van der Waals surface area contributed by atoms with Gasteiger partial charge in [0.25, 0.3) is 0 Å². The first kappa shape index (κ1) is 16.5. The van der Waals surface area contributed by atoms with E-state index in [1.165, 1.54) is 6.07 Å². The molecule has 1 unspecified atom stereocenters. The van der Waals surface area contributed by atoms with Gasteiger partial charge in [-0.15, -0.1) is 0 Å². The lowest BCUT2D eigenvalue weighted by Gasteiger charge is -2.28. The number of halogens is 3. The Morgan fingerprint density at radius 3 is 2.50 bits per heavy atom. The minimum absolute atomic E-state index is 0.143. The van der Waals surface area contributed by atoms with E-state index in [-0.39, 0.29) is 6.54 Å². The monoisotopic (exact) mass is 334 g/mol. The number of hydrogen-bond donors (Lipinski definition) is 1. The zero-order valence-corrected chi connectivity index (χ0v) is 13.1. The highest BCUT2D eigenvalue weighted by Gasteiger charge is 2.32. The SMILES string of the molecule is CN1CC(O)C/N=C(/c2ccccc2)c2cc(C(F)(F)F)ccc21. The predicted molar refractivity (Wildman–Crippen MR) is 87.7 cm³/mol. The molecular formula is C18H17F3N2O. The van der Waals surface area contributed by atoms with Crippen molar-refractivity contribution in [3.05, 3.63) is 65.2 Å². The third-order valence-corrected chi connectivity index (χ3v) is 3.98. The number of aliphatic imine (C=N–C) groups is 1. The number of hydrogen-bond acceptors (Lipinski definition) is 3. The molecule has 1 atom stereocenters. The van der Waals surface area contributed by atoms with E-state index in [4.69, 9.17) is 0 Å².